The van der Waals surface area contributed by atoms with Gasteiger partial charge in [-0.15, -0.1) is 0 Å². The summed E-state index contributed by atoms with van der Waals surface area (Å²) in [5, 5.41) is 2.61. The third-order valence-corrected chi connectivity index (χ3v) is 2.56. The van der Waals surface area contributed by atoms with Gasteiger partial charge in [-0.05, 0) is 24.6 Å². The second kappa shape index (κ2) is 4.41. The number of nitrogens with one attached hydrogen (secondary N) is 1. The molecule has 1 rings (SSSR count). The molecule has 14 heavy (non-hydrogen) atoms. The molecule has 0 saturated carbocycles. The zero-order valence-electron chi connectivity index (χ0n) is 7.60. The molecular weight excluding hydrogens is 251 g/mol. The molecule has 0 aliphatic rings. The number of hydrogen-bond donors (Lipinski definition) is 2. The van der Waals surface area contributed by atoms with Gasteiger partial charge >= 0.3 is 0 Å². The third-order valence-electron chi connectivity index (χ3n) is 1.70. The summed E-state index contributed by atoms with van der Waals surface area (Å²) in [5.41, 5.74) is 6.09. The lowest BCUT2D eigenvalue weighted by Gasteiger charge is -2.07. The van der Waals surface area contributed by atoms with E-state index >= 15 is 0 Å². The molecule has 0 unspecified atom stereocenters. The fourth-order valence-corrected chi connectivity index (χ4v) is 1.29. The lowest BCUT2D eigenvalue weighted by atomic mass is 10.2. The van der Waals surface area contributed by atoms with Gasteiger partial charge in [0.1, 0.15) is 5.82 Å². The summed E-state index contributed by atoms with van der Waals surface area (Å²) in [7, 11) is 0. The predicted molar refractivity (Wildman–Crippen MR) is 56.5 cm³/mol. The number of nitrogens with two attached hydrogens (primary N) is 1. The van der Waals surface area contributed by atoms with Crippen LogP contribution in [-0.2, 0) is 4.79 Å². The molecule has 0 radical (unpaired) electrons. The molecule has 5 heteroatoms. The Kier molecular flexibility index (Phi) is 3.46. The SMILES string of the molecule is Cc1cc(NCC(N)=O)c(F)cc1Br. The number of benzene rings is 1. The summed E-state index contributed by atoms with van der Waals surface area (Å²) in [4.78, 5) is 10.5. The first-order chi connectivity index (χ1) is 6.50. The summed E-state index contributed by atoms with van der Waals surface area (Å²) >= 11 is 3.20. The molecule has 76 valence electrons. The van der Waals surface area contributed by atoms with E-state index in [1.165, 1.54) is 6.07 Å². The van der Waals surface area contributed by atoms with Crippen molar-refractivity contribution in [1.82, 2.24) is 0 Å². The van der Waals surface area contributed by atoms with Crippen molar-refractivity contribution in [2.24, 2.45) is 5.73 Å². The Morgan fingerprint density at radius 2 is 2.29 bits per heavy atom. The number of carbonyl (C=O) groups excluding carboxylic acids is 1. The topological polar surface area (TPSA) is 55.1 Å². The van der Waals surface area contributed by atoms with Gasteiger partial charge in [-0.3, -0.25) is 4.79 Å². The highest BCUT2D eigenvalue weighted by molar-refractivity contribution is 9.10. The summed E-state index contributed by atoms with van der Waals surface area (Å²) in [6, 6.07) is 2.96. The monoisotopic (exact) mass is 260 g/mol. The quantitative estimate of drug-likeness (QED) is 0.871. The Morgan fingerprint density at radius 1 is 1.64 bits per heavy atom. The van der Waals surface area contributed by atoms with Crippen molar-refractivity contribution < 1.29 is 9.18 Å². The maximum Gasteiger partial charge on any atom is 0.236 e. The Balaban J connectivity index is 2.87. The normalized spacial score (nSPS) is 9.93. The van der Waals surface area contributed by atoms with E-state index in [1.54, 1.807) is 6.07 Å². The Bertz CT molecular complexity index is 368. The Morgan fingerprint density at radius 3 is 2.86 bits per heavy atom. The molecule has 3 nitrogen and oxygen atoms in total. The number of amides is 1. The minimum atomic E-state index is -0.523. The zero-order chi connectivity index (χ0) is 10.7. The van der Waals surface area contributed by atoms with Crippen molar-refractivity contribution in [3.8, 4) is 0 Å². The number of aryl methyl sites for hydroxylation is 1. The summed E-state index contributed by atoms with van der Waals surface area (Å²) in [6.07, 6.45) is 0. The van der Waals surface area contributed by atoms with E-state index < -0.39 is 11.7 Å². The minimum Gasteiger partial charge on any atom is -0.374 e. The molecule has 0 fully saturated rings. The fourth-order valence-electron chi connectivity index (χ4n) is 0.975. The van der Waals surface area contributed by atoms with Crippen molar-refractivity contribution in [2.75, 3.05) is 11.9 Å². The first-order valence-electron chi connectivity index (χ1n) is 3.98. The van der Waals surface area contributed by atoms with Gasteiger partial charge in [0.25, 0.3) is 0 Å². The largest absolute Gasteiger partial charge is 0.374 e. The zero-order valence-corrected chi connectivity index (χ0v) is 9.19. The molecule has 0 saturated heterocycles. The predicted octanol–water partition coefficient (Wildman–Crippen LogP) is 1.79. The number of halogens is 2. The van der Waals surface area contributed by atoms with Crippen LogP contribution in [0.2, 0.25) is 0 Å². The maximum absolute atomic E-state index is 13.2. The first kappa shape index (κ1) is 11.0. The number of carbonyl (C=O) groups is 1. The van der Waals surface area contributed by atoms with Crippen LogP contribution in [0.3, 0.4) is 0 Å². The van der Waals surface area contributed by atoms with Crippen LogP contribution in [0.1, 0.15) is 5.56 Å². The van der Waals surface area contributed by atoms with Crippen LogP contribution in [0.15, 0.2) is 16.6 Å². The molecule has 1 aromatic rings. The average Bonchev–Trinajstić information content (AvgIpc) is 2.09. The second-order valence-corrected chi connectivity index (χ2v) is 3.76. The van der Waals surface area contributed by atoms with E-state index in [9.17, 15) is 9.18 Å². The molecule has 3 N–H and O–H groups in total. The average molecular weight is 261 g/mol. The minimum absolute atomic E-state index is 0.0714. The van der Waals surface area contributed by atoms with E-state index in [0.29, 0.717) is 4.47 Å². The number of anilines is 1. The first-order valence-corrected chi connectivity index (χ1v) is 4.78. The van der Waals surface area contributed by atoms with Gasteiger partial charge in [-0.25, -0.2) is 4.39 Å². The lowest BCUT2D eigenvalue weighted by Crippen LogP contribution is -2.22. The molecule has 0 heterocycles. The van der Waals surface area contributed by atoms with Gasteiger partial charge in [0.15, 0.2) is 0 Å². The Labute approximate surface area is 89.6 Å². The van der Waals surface area contributed by atoms with Gasteiger partial charge < -0.3 is 11.1 Å². The van der Waals surface area contributed by atoms with Crippen molar-refractivity contribution in [3.05, 3.63) is 28.0 Å². The fraction of sp³-hybridized carbons (Fsp3) is 0.222. The van der Waals surface area contributed by atoms with Gasteiger partial charge in [0.2, 0.25) is 5.91 Å². The number of hydrogen-bond acceptors (Lipinski definition) is 2. The standard InChI is InChI=1S/C9H10BrFN2O/c1-5-2-8(13-4-9(12)14)7(11)3-6(5)10/h2-3,13H,4H2,1H3,(H2,12,14). The van der Waals surface area contributed by atoms with Gasteiger partial charge in [-0.1, -0.05) is 15.9 Å². The smallest absolute Gasteiger partial charge is 0.236 e. The van der Waals surface area contributed by atoms with Gasteiger partial charge in [0.05, 0.1) is 12.2 Å². The third kappa shape index (κ3) is 2.70. The van der Waals surface area contributed by atoms with Crippen molar-refractivity contribution in [1.29, 1.82) is 0 Å². The lowest BCUT2D eigenvalue weighted by molar-refractivity contribution is -0.116. The highest BCUT2D eigenvalue weighted by atomic mass is 79.9. The molecular formula is C9H10BrFN2O. The van der Waals surface area contributed by atoms with Crippen LogP contribution < -0.4 is 11.1 Å². The van der Waals surface area contributed by atoms with Gasteiger partial charge in [0, 0.05) is 4.47 Å². The summed E-state index contributed by atoms with van der Waals surface area (Å²) in [6.45, 7) is 1.76. The van der Waals surface area contributed by atoms with E-state index in [2.05, 4.69) is 21.2 Å². The Hall–Kier alpha value is -1.10. The molecule has 0 spiro atoms. The van der Waals surface area contributed by atoms with Crippen LogP contribution in [0.4, 0.5) is 10.1 Å². The van der Waals surface area contributed by atoms with Crippen molar-refractivity contribution >= 4 is 27.5 Å². The van der Waals surface area contributed by atoms with E-state index in [-0.39, 0.29) is 12.2 Å². The highest BCUT2D eigenvalue weighted by Crippen LogP contribution is 2.23. The molecule has 1 amide bonds. The van der Waals surface area contributed by atoms with E-state index in [4.69, 9.17) is 5.73 Å². The van der Waals surface area contributed by atoms with E-state index in [0.717, 1.165) is 5.56 Å². The molecule has 0 aromatic heterocycles. The molecule has 0 aliphatic carbocycles. The molecule has 0 aliphatic heterocycles. The summed E-state index contributed by atoms with van der Waals surface area (Å²) < 4.78 is 13.9. The van der Waals surface area contributed by atoms with Crippen LogP contribution in [0.25, 0.3) is 0 Å². The maximum atomic E-state index is 13.2. The highest BCUT2D eigenvalue weighted by Gasteiger charge is 2.05. The van der Waals surface area contributed by atoms with Crippen LogP contribution in [0, 0.1) is 12.7 Å². The van der Waals surface area contributed by atoms with Crippen LogP contribution in [0.5, 0.6) is 0 Å². The molecule has 0 bridgehead atoms. The molecule has 0 atom stereocenters. The number of primary amides is 1. The van der Waals surface area contributed by atoms with E-state index in [1.807, 2.05) is 6.92 Å². The van der Waals surface area contributed by atoms with Crippen LogP contribution in [-0.4, -0.2) is 12.5 Å². The van der Waals surface area contributed by atoms with Gasteiger partial charge in [-0.2, -0.15) is 0 Å². The number of rotatable bonds is 3. The van der Waals surface area contributed by atoms with Crippen molar-refractivity contribution in [3.63, 3.8) is 0 Å². The van der Waals surface area contributed by atoms with Crippen molar-refractivity contribution in [2.45, 2.75) is 6.92 Å². The second-order valence-electron chi connectivity index (χ2n) is 2.90. The van der Waals surface area contributed by atoms with Crippen LogP contribution >= 0.6 is 15.9 Å². The summed E-state index contributed by atoms with van der Waals surface area (Å²) in [5.74, 6) is -0.936. The molecule has 1 aromatic carbocycles.